The zero-order valence-corrected chi connectivity index (χ0v) is 12.6. The first kappa shape index (κ1) is 15.3. The van der Waals surface area contributed by atoms with Gasteiger partial charge in [0, 0.05) is 6.42 Å². The standard InChI is InChI=1S/C17H14F2O4/c1-21-14-8-11(7-13(18)15(14)19)10-5-9-3-4-23-16(9)12(6-10)17(20)22-2/h5-8H,3-4H2,1-2H3. The molecule has 0 N–H and O–H groups in total. The first-order chi connectivity index (χ1) is 11.0. The second-order valence-corrected chi connectivity index (χ2v) is 5.08. The molecule has 1 heterocycles. The van der Waals surface area contributed by atoms with E-state index in [-0.39, 0.29) is 11.3 Å². The molecular formula is C17H14F2O4. The van der Waals surface area contributed by atoms with Crippen molar-refractivity contribution in [3.63, 3.8) is 0 Å². The Morgan fingerprint density at radius 3 is 2.57 bits per heavy atom. The van der Waals surface area contributed by atoms with Crippen LogP contribution in [-0.4, -0.2) is 26.8 Å². The van der Waals surface area contributed by atoms with Gasteiger partial charge < -0.3 is 14.2 Å². The normalized spacial score (nSPS) is 12.5. The van der Waals surface area contributed by atoms with Gasteiger partial charge in [-0.3, -0.25) is 0 Å². The van der Waals surface area contributed by atoms with Crippen LogP contribution < -0.4 is 9.47 Å². The summed E-state index contributed by atoms with van der Waals surface area (Å²) in [5, 5.41) is 0. The largest absolute Gasteiger partial charge is 0.494 e. The molecule has 1 aliphatic heterocycles. The predicted molar refractivity (Wildman–Crippen MR) is 78.9 cm³/mol. The molecule has 0 amide bonds. The lowest BCUT2D eigenvalue weighted by atomic mass is 9.98. The van der Waals surface area contributed by atoms with E-state index in [4.69, 9.17) is 14.2 Å². The fourth-order valence-electron chi connectivity index (χ4n) is 2.62. The second-order valence-electron chi connectivity index (χ2n) is 5.08. The smallest absolute Gasteiger partial charge is 0.341 e. The van der Waals surface area contributed by atoms with Gasteiger partial charge in [-0.2, -0.15) is 4.39 Å². The van der Waals surface area contributed by atoms with Gasteiger partial charge in [-0.15, -0.1) is 0 Å². The van der Waals surface area contributed by atoms with Gasteiger partial charge in [0.25, 0.3) is 0 Å². The summed E-state index contributed by atoms with van der Waals surface area (Å²) in [6.45, 7) is 0.462. The highest BCUT2D eigenvalue weighted by Gasteiger charge is 2.24. The van der Waals surface area contributed by atoms with Gasteiger partial charge in [0.2, 0.25) is 5.82 Å². The van der Waals surface area contributed by atoms with Crippen molar-refractivity contribution in [3.05, 3.63) is 47.0 Å². The number of fused-ring (bicyclic) bond motifs is 1. The Morgan fingerprint density at radius 1 is 1.13 bits per heavy atom. The molecule has 0 fully saturated rings. The molecule has 0 saturated heterocycles. The molecule has 120 valence electrons. The van der Waals surface area contributed by atoms with Crippen molar-refractivity contribution < 1.29 is 27.8 Å². The Labute approximate surface area is 131 Å². The lowest BCUT2D eigenvalue weighted by Gasteiger charge is -2.11. The van der Waals surface area contributed by atoms with E-state index in [2.05, 4.69) is 0 Å². The van der Waals surface area contributed by atoms with E-state index in [0.29, 0.717) is 29.9 Å². The summed E-state index contributed by atoms with van der Waals surface area (Å²) in [6.07, 6.45) is 0.633. The van der Waals surface area contributed by atoms with Crippen LogP contribution >= 0.6 is 0 Å². The number of methoxy groups -OCH3 is 2. The molecule has 0 unspecified atom stereocenters. The Balaban J connectivity index is 2.18. The van der Waals surface area contributed by atoms with E-state index >= 15 is 0 Å². The van der Waals surface area contributed by atoms with Crippen molar-refractivity contribution >= 4 is 5.97 Å². The molecule has 2 aromatic carbocycles. The molecule has 0 spiro atoms. The van der Waals surface area contributed by atoms with Crippen molar-refractivity contribution in [2.24, 2.45) is 0 Å². The molecule has 2 aromatic rings. The number of ether oxygens (including phenoxy) is 3. The van der Waals surface area contributed by atoms with Gasteiger partial charge in [0.1, 0.15) is 11.3 Å². The summed E-state index contributed by atoms with van der Waals surface area (Å²) in [5.74, 6) is -2.32. The number of rotatable bonds is 3. The van der Waals surface area contributed by atoms with Gasteiger partial charge in [0.05, 0.1) is 20.8 Å². The highest BCUT2D eigenvalue weighted by Crippen LogP contribution is 2.36. The molecule has 0 atom stereocenters. The summed E-state index contributed by atoms with van der Waals surface area (Å²) >= 11 is 0. The van der Waals surface area contributed by atoms with Crippen molar-refractivity contribution in [3.8, 4) is 22.6 Å². The van der Waals surface area contributed by atoms with Crippen molar-refractivity contribution in [2.45, 2.75) is 6.42 Å². The highest BCUT2D eigenvalue weighted by molar-refractivity contribution is 5.95. The third-order valence-electron chi connectivity index (χ3n) is 3.74. The van der Waals surface area contributed by atoms with Crippen LogP contribution in [0.5, 0.6) is 11.5 Å². The maximum absolute atomic E-state index is 13.7. The van der Waals surface area contributed by atoms with Crippen LogP contribution in [-0.2, 0) is 11.2 Å². The minimum absolute atomic E-state index is 0.198. The van der Waals surface area contributed by atoms with Crippen molar-refractivity contribution in [2.75, 3.05) is 20.8 Å². The molecule has 0 saturated carbocycles. The first-order valence-electron chi connectivity index (χ1n) is 6.96. The monoisotopic (exact) mass is 320 g/mol. The lowest BCUT2D eigenvalue weighted by Crippen LogP contribution is -2.04. The van der Waals surface area contributed by atoms with Gasteiger partial charge in [-0.05, 0) is 41.0 Å². The van der Waals surface area contributed by atoms with Gasteiger partial charge in [0.15, 0.2) is 11.6 Å². The molecule has 4 nitrogen and oxygen atoms in total. The van der Waals surface area contributed by atoms with Gasteiger partial charge in [-0.25, -0.2) is 9.18 Å². The van der Waals surface area contributed by atoms with E-state index in [1.165, 1.54) is 20.3 Å². The number of benzene rings is 2. The van der Waals surface area contributed by atoms with Crippen LogP contribution in [0.25, 0.3) is 11.1 Å². The van der Waals surface area contributed by atoms with Crippen LogP contribution in [0.1, 0.15) is 15.9 Å². The van der Waals surface area contributed by atoms with Gasteiger partial charge in [-0.1, -0.05) is 0 Å². The van der Waals surface area contributed by atoms with Crippen LogP contribution in [0.4, 0.5) is 8.78 Å². The summed E-state index contributed by atoms with van der Waals surface area (Å²) in [6, 6.07) is 5.79. The minimum atomic E-state index is -1.05. The summed E-state index contributed by atoms with van der Waals surface area (Å²) in [7, 11) is 2.54. The summed E-state index contributed by atoms with van der Waals surface area (Å²) in [4.78, 5) is 11.9. The van der Waals surface area contributed by atoms with E-state index in [9.17, 15) is 13.6 Å². The number of hydrogen-bond donors (Lipinski definition) is 0. The summed E-state index contributed by atoms with van der Waals surface area (Å²) in [5.41, 5.74) is 2.06. The fourth-order valence-corrected chi connectivity index (χ4v) is 2.62. The van der Waals surface area contributed by atoms with Crippen molar-refractivity contribution in [1.82, 2.24) is 0 Å². The maximum atomic E-state index is 13.7. The second kappa shape index (κ2) is 5.87. The topological polar surface area (TPSA) is 44.8 Å². The van der Waals surface area contributed by atoms with E-state index in [0.717, 1.165) is 11.6 Å². The quantitative estimate of drug-likeness (QED) is 0.814. The molecule has 1 aliphatic rings. The number of hydrogen-bond acceptors (Lipinski definition) is 4. The van der Waals surface area contributed by atoms with E-state index < -0.39 is 17.6 Å². The molecular weight excluding hydrogens is 306 g/mol. The number of esters is 1. The van der Waals surface area contributed by atoms with Crippen LogP contribution in [0, 0.1) is 11.6 Å². The Hall–Kier alpha value is -2.63. The van der Waals surface area contributed by atoms with Gasteiger partial charge >= 0.3 is 5.97 Å². The number of halogens is 2. The molecule has 3 rings (SSSR count). The van der Waals surface area contributed by atoms with Crippen LogP contribution in [0.15, 0.2) is 24.3 Å². The Bertz CT molecular complexity index is 787. The van der Waals surface area contributed by atoms with Crippen LogP contribution in [0.3, 0.4) is 0 Å². The predicted octanol–water partition coefficient (Wildman–Crippen LogP) is 3.36. The molecule has 23 heavy (non-hydrogen) atoms. The molecule has 6 heteroatoms. The average Bonchev–Trinajstić information content (AvgIpc) is 3.04. The number of carbonyl (C=O) groups excluding carboxylic acids is 1. The Morgan fingerprint density at radius 2 is 1.87 bits per heavy atom. The average molecular weight is 320 g/mol. The third kappa shape index (κ3) is 2.60. The SMILES string of the molecule is COC(=O)c1cc(-c2cc(F)c(F)c(OC)c2)cc2c1OCC2. The molecule has 0 aliphatic carbocycles. The zero-order chi connectivity index (χ0) is 16.6. The maximum Gasteiger partial charge on any atom is 0.341 e. The molecule has 0 bridgehead atoms. The number of carbonyl (C=O) groups is 1. The zero-order valence-electron chi connectivity index (χ0n) is 12.6. The first-order valence-corrected chi connectivity index (χ1v) is 6.96. The molecule has 0 radical (unpaired) electrons. The summed E-state index contributed by atoms with van der Waals surface area (Å²) < 4.78 is 42.4. The molecule has 0 aromatic heterocycles. The minimum Gasteiger partial charge on any atom is -0.494 e. The third-order valence-corrected chi connectivity index (χ3v) is 3.74. The van der Waals surface area contributed by atoms with E-state index in [1.807, 2.05) is 0 Å². The Kier molecular flexibility index (Phi) is 3.90. The van der Waals surface area contributed by atoms with E-state index in [1.54, 1.807) is 12.1 Å². The van der Waals surface area contributed by atoms with Crippen molar-refractivity contribution in [1.29, 1.82) is 0 Å². The highest BCUT2D eigenvalue weighted by atomic mass is 19.2. The fraction of sp³-hybridized carbons (Fsp3) is 0.235. The lowest BCUT2D eigenvalue weighted by molar-refractivity contribution is 0.0597. The van der Waals surface area contributed by atoms with Crippen LogP contribution in [0.2, 0.25) is 0 Å².